The Morgan fingerprint density at radius 1 is 1.04 bits per heavy atom. The van der Waals surface area contributed by atoms with Crippen LogP contribution in [0.3, 0.4) is 0 Å². The lowest BCUT2D eigenvalue weighted by molar-refractivity contribution is -0.122. The van der Waals surface area contributed by atoms with Gasteiger partial charge in [0.25, 0.3) is 0 Å². The van der Waals surface area contributed by atoms with E-state index in [0.29, 0.717) is 19.4 Å². The SMILES string of the molecule is COC[C@@H](C)NC(=O)CCc1ccc(S(=O)(=O)NCc2ccccc2)cc1. The molecule has 0 aliphatic carbocycles. The van der Waals surface area contributed by atoms with Gasteiger partial charge in [-0.25, -0.2) is 13.1 Å². The maximum Gasteiger partial charge on any atom is 0.240 e. The van der Waals surface area contributed by atoms with Crippen LogP contribution in [0, 0.1) is 0 Å². The zero-order valence-corrected chi connectivity index (χ0v) is 16.5. The zero-order chi connectivity index (χ0) is 19.7. The third kappa shape index (κ3) is 7.13. The first kappa shape index (κ1) is 21.1. The quantitative estimate of drug-likeness (QED) is 0.652. The summed E-state index contributed by atoms with van der Waals surface area (Å²) in [6.45, 7) is 2.59. The average molecular weight is 391 g/mol. The molecule has 146 valence electrons. The van der Waals surface area contributed by atoms with Gasteiger partial charge < -0.3 is 10.1 Å². The second kappa shape index (κ2) is 10.2. The highest BCUT2D eigenvalue weighted by atomic mass is 32.2. The van der Waals surface area contributed by atoms with Crippen molar-refractivity contribution in [2.45, 2.75) is 37.2 Å². The molecule has 2 N–H and O–H groups in total. The summed E-state index contributed by atoms with van der Waals surface area (Å²) in [6, 6.07) is 15.9. The van der Waals surface area contributed by atoms with Crippen molar-refractivity contribution in [1.82, 2.24) is 10.0 Å². The lowest BCUT2D eigenvalue weighted by atomic mass is 10.1. The number of hydrogen-bond acceptors (Lipinski definition) is 4. The number of ether oxygens (including phenoxy) is 1. The molecule has 0 bridgehead atoms. The van der Waals surface area contributed by atoms with Gasteiger partial charge in [0.05, 0.1) is 11.5 Å². The summed E-state index contributed by atoms with van der Waals surface area (Å²) in [6.07, 6.45) is 0.885. The molecule has 0 aliphatic rings. The van der Waals surface area contributed by atoms with Gasteiger partial charge in [-0.05, 0) is 36.6 Å². The fraction of sp³-hybridized carbons (Fsp3) is 0.350. The Morgan fingerprint density at radius 3 is 2.33 bits per heavy atom. The predicted molar refractivity (Wildman–Crippen MR) is 105 cm³/mol. The number of methoxy groups -OCH3 is 1. The Labute approximate surface area is 161 Å². The first-order chi connectivity index (χ1) is 12.9. The molecule has 6 nitrogen and oxygen atoms in total. The van der Waals surface area contributed by atoms with Crippen LogP contribution in [-0.4, -0.2) is 34.1 Å². The van der Waals surface area contributed by atoms with Gasteiger partial charge >= 0.3 is 0 Å². The molecule has 7 heteroatoms. The number of sulfonamides is 1. The molecule has 2 aromatic rings. The standard InChI is InChI=1S/C20H26N2O4S/c1-16(15-26-2)22-20(23)13-10-17-8-11-19(12-9-17)27(24,25)21-14-18-6-4-3-5-7-18/h3-9,11-12,16,21H,10,13-15H2,1-2H3,(H,22,23)/t16-/m1/s1. The highest BCUT2D eigenvalue weighted by molar-refractivity contribution is 7.89. The number of amides is 1. The second-order valence-corrected chi connectivity index (χ2v) is 8.14. The molecular formula is C20H26N2O4S. The van der Waals surface area contributed by atoms with Gasteiger partial charge in [0, 0.05) is 26.1 Å². The van der Waals surface area contributed by atoms with E-state index in [4.69, 9.17) is 4.74 Å². The van der Waals surface area contributed by atoms with Crippen LogP contribution >= 0.6 is 0 Å². The van der Waals surface area contributed by atoms with Gasteiger partial charge in [0.15, 0.2) is 0 Å². The van der Waals surface area contributed by atoms with Crippen LogP contribution in [0.5, 0.6) is 0 Å². The Hall–Kier alpha value is -2.22. The first-order valence-electron chi connectivity index (χ1n) is 8.81. The molecule has 0 aromatic heterocycles. The lowest BCUT2D eigenvalue weighted by Crippen LogP contribution is -2.35. The molecule has 0 saturated carbocycles. The molecule has 0 aliphatic heterocycles. The average Bonchev–Trinajstić information content (AvgIpc) is 2.66. The van der Waals surface area contributed by atoms with Crippen molar-refractivity contribution in [2.75, 3.05) is 13.7 Å². The van der Waals surface area contributed by atoms with Gasteiger partial charge in [-0.1, -0.05) is 42.5 Å². The van der Waals surface area contributed by atoms with E-state index in [0.717, 1.165) is 11.1 Å². The van der Waals surface area contributed by atoms with Crippen molar-refractivity contribution in [3.8, 4) is 0 Å². The Kier molecular flexibility index (Phi) is 7.97. The number of hydrogen-bond donors (Lipinski definition) is 2. The van der Waals surface area contributed by atoms with E-state index in [2.05, 4.69) is 10.0 Å². The molecule has 1 atom stereocenters. The van der Waals surface area contributed by atoms with Crippen LogP contribution in [0.2, 0.25) is 0 Å². The summed E-state index contributed by atoms with van der Waals surface area (Å²) in [5, 5.41) is 2.85. The molecule has 1 amide bonds. The van der Waals surface area contributed by atoms with Gasteiger partial charge in [0.1, 0.15) is 0 Å². The minimum absolute atomic E-state index is 0.0364. The van der Waals surface area contributed by atoms with E-state index in [9.17, 15) is 13.2 Å². The topological polar surface area (TPSA) is 84.5 Å². The summed E-state index contributed by atoms with van der Waals surface area (Å²) in [5.41, 5.74) is 1.80. The molecule has 0 saturated heterocycles. The van der Waals surface area contributed by atoms with Gasteiger partial charge in [-0.3, -0.25) is 4.79 Å². The Balaban J connectivity index is 1.87. The van der Waals surface area contributed by atoms with Crippen molar-refractivity contribution in [3.05, 3.63) is 65.7 Å². The van der Waals surface area contributed by atoms with E-state index in [1.165, 1.54) is 0 Å². The first-order valence-corrected chi connectivity index (χ1v) is 10.3. The molecule has 0 fully saturated rings. The van der Waals surface area contributed by atoms with Crippen molar-refractivity contribution >= 4 is 15.9 Å². The lowest BCUT2D eigenvalue weighted by Gasteiger charge is -2.12. The van der Waals surface area contributed by atoms with Crippen molar-refractivity contribution < 1.29 is 17.9 Å². The molecule has 2 rings (SSSR count). The third-order valence-corrected chi connectivity index (χ3v) is 5.42. The predicted octanol–water partition coefficient (Wildman–Crippen LogP) is 2.25. The van der Waals surface area contributed by atoms with Crippen LogP contribution in [0.4, 0.5) is 0 Å². The fourth-order valence-electron chi connectivity index (χ4n) is 2.59. The molecular weight excluding hydrogens is 364 g/mol. The van der Waals surface area contributed by atoms with E-state index in [-0.39, 0.29) is 23.4 Å². The highest BCUT2D eigenvalue weighted by Gasteiger charge is 2.14. The maximum absolute atomic E-state index is 12.4. The number of rotatable bonds is 10. The van der Waals surface area contributed by atoms with Gasteiger partial charge in [-0.15, -0.1) is 0 Å². The zero-order valence-electron chi connectivity index (χ0n) is 15.6. The van der Waals surface area contributed by atoms with Crippen molar-refractivity contribution in [1.29, 1.82) is 0 Å². The Bertz CT molecular complexity index is 821. The van der Waals surface area contributed by atoms with E-state index in [1.54, 1.807) is 31.4 Å². The van der Waals surface area contributed by atoms with Crippen LogP contribution in [0.1, 0.15) is 24.5 Å². The molecule has 0 radical (unpaired) electrons. The summed E-state index contributed by atoms with van der Waals surface area (Å²) in [7, 11) is -1.98. The Morgan fingerprint density at radius 2 is 1.70 bits per heavy atom. The second-order valence-electron chi connectivity index (χ2n) is 6.38. The molecule has 0 unspecified atom stereocenters. The molecule has 0 spiro atoms. The molecule has 0 heterocycles. The molecule has 27 heavy (non-hydrogen) atoms. The number of carbonyl (C=O) groups excluding carboxylic acids is 1. The number of aryl methyl sites for hydroxylation is 1. The van der Waals surface area contributed by atoms with Crippen LogP contribution in [0.15, 0.2) is 59.5 Å². The van der Waals surface area contributed by atoms with E-state index >= 15 is 0 Å². The van der Waals surface area contributed by atoms with E-state index < -0.39 is 10.0 Å². The van der Waals surface area contributed by atoms with Crippen molar-refractivity contribution in [2.24, 2.45) is 0 Å². The number of carbonyl (C=O) groups is 1. The smallest absolute Gasteiger partial charge is 0.240 e. The normalized spacial score (nSPS) is 12.5. The summed E-state index contributed by atoms with van der Waals surface area (Å²) >= 11 is 0. The van der Waals surface area contributed by atoms with Crippen molar-refractivity contribution in [3.63, 3.8) is 0 Å². The minimum atomic E-state index is -3.57. The minimum Gasteiger partial charge on any atom is -0.383 e. The monoisotopic (exact) mass is 390 g/mol. The van der Waals surface area contributed by atoms with Gasteiger partial charge in [0.2, 0.25) is 15.9 Å². The summed E-state index contributed by atoms with van der Waals surface area (Å²) < 4.78 is 32.3. The number of benzene rings is 2. The maximum atomic E-state index is 12.4. The van der Waals surface area contributed by atoms with Crippen LogP contribution < -0.4 is 10.0 Å². The third-order valence-electron chi connectivity index (χ3n) is 4.01. The fourth-order valence-corrected chi connectivity index (χ4v) is 3.61. The van der Waals surface area contributed by atoms with Crippen LogP contribution in [0.25, 0.3) is 0 Å². The van der Waals surface area contributed by atoms with E-state index in [1.807, 2.05) is 37.3 Å². The molecule has 2 aromatic carbocycles. The summed E-state index contributed by atoms with van der Waals surface area (Å²) in [5.74, 6) is -0.0548. The largest absolute Gasteiger partial charge is 0.383 e. The number of nitrogens with one attached hydrogen (secondary N) is 2. The highest BCUT2D eigenvalue weighted by Crippen LogP contribution is 2.13. The van der Waals surface area contributed by atoms with Gasteiger partial charge in [-0.2, -0.15) is 0 Å². The van der Waals surface area contributed by atoms with Crippen LogP contribution in [-0.2, 0) is 32.5 Å². The summed E-state index contributed by atoms with van der Waals surface area (Å²) in [4.78, 5) is 12.1.